The van der Waals surface area contributed by atoms with Crippen LogP contribution >= 0.6 is 23.5 Å². The summed E-state index contributed by atoms with van der Waals surface area (Å²) in [4.78, 5) is 3.67. The predicted molar refractivity (Wildman–Crippen MR) is 120 cm³/mol. The van der Waals surface area contributed by atoms with Crippen LogP contribution in [0.2, 0.25) is 0 Å². The van der Waals surface area contributed by atoms with Gasteiger partial charge < -0.3 is 4.90 Å². The van der Waals surface area contributed by atoms with E-state index in [-0.39, 0.29) is 4.75 Å². The highest BCUT2D eigenvalue weighted by atomic mass is 32.2. The van der Waals surface area contributed by atoms with Crippen molar-refractivity contribution in [2.75, 3.05) is 26.4 Å². The van der Waals surface area contributed by atoms with Crippen molar-refractivity contribution in [1.29, 1.82) is 0 Å². The zero-order valence-corrected chi connectivity index (χ0v) is 17.5. The summed E-state index contributed by atoms with van der Waals surface area (Å²) >= 11 is 4.04. The molecule has 3 heteroatoms. The summed E-state index contributed by atoms with van der Waals surface area (Å²) in [5.41, 5.74) is 5.68. The smallest absolute Gasteiger partial charge is 0.0921 e. The lowest BCUT2D eigenvalue weighted by molar-refractivity contribution is 0.437. The van der Waals surface area contributed by atoms with Gasteiger partial charge in [0.05, 0.1) is 4.75 Å². The van der Waals surface area contributed by atoms with E-state index in [9.17, 15) is 0 Å². The van der Waals surface area contributed by atoms with E-state index in [0.717, 1.165) is 18.1 Å². The summed E-state index contributed by atoms with van der Waals surface area (Å²) in [7, 11) is 4.31. The highest BCUT2D eigenvalue weighted by molar-refractivity contribution is 8.01. The van der Waals surface area contributed by atoms with Gasteiger partial charge in [-0.05, 0) is 42.4 Å². The Kier molecular flexibility index (Phi) is 5.63. The Hall–Kier alpha value is -1.68. The molecule has 0 aliphatic carbocycles. The first kappa shape index (κ1) is 18.7. The Labute approximate surface area is 171 Å². The van der Waals surface area contributed by atoms with Crippen LogP contribution in [0.15, 0.2) is 83.8 Å². The summed E-state index contributed by atoms with van der Waals surface area (Å²) < 4.78 is -0.173. The van der Waals surface area contributed by atoms with Gasteiger partial charge in [0.1, 0.15) is 0 Å². The quantitative estimate of drug-likeness (QED) is 0.535. The fourth-order valence-corrected chi connectivity index (χ4v) is 6.71. The van der Waals surface area contributed by atoms with Gasteiger partial charge in [-0.2, -0.15) is 0 Å². The van der Waals surface area contributed by atoms with Crippen molar-refractivity contribution >= 4 is 23.5 Å². The van der Waals surface area contributed by atoms with Crippen molar-refractivity contribution in [2.45, 2.75) is 15.4 Å². The van der Waals surface area contributed by atoms with Crippen LogP contribution in [0, 0.1) is 0 Å². The van der Waals surface area contributed by atoms with Gasteiger partial charge in [0, 0.05) is 22.9 Å². The fraction of sp³-hybridized carbons (Fsp3) is 0.250. The number of thioether (sulfide) groups is 2. The number of fused-ring (bicyclic) bond motifs is 2. The Morgan fingerprint density at radius 3 is 2.30 bits per heavy atom. The van der Waals surface area contributed by atoms with Crippen LogP contribution in [0.4, 0.5) is 0 Å². The largest absolute Gasteiger partial charge is 0.309 e. The van der Waals surface area contributed by atoms with Crippen molar-refractivity contribution in [3.05, 3.63) is 101 Å². The lowest BCUT2D eigenvalue weighted by Gasteiger charge is -2.36. The Morgan fingerprint density at radius 1 is 0.852 bits per heavy atom. The van der Waals surface area contributed by atoms with Gasteiger partial charge in [-0.15, -0.1) is 23.5 Å². The molecule has 0 spiro atoms. The van der Waals surface area contributed by atoms with Crippen molar-refractivity contribution in [3.63, 3.8) is 0 Å². The highest BCUT2D eigenvalue weighted by Gasteiger charge is 2.41. The lowest BCUT2D eigenvalue weighted by atomic mass is 9.82. The molecule has 1 aliphatic rings. The van der Waals surface area contributed by atoms with Crippen molar-refractivity contribution in [2.24, 2.45) is 0 Å². The average Bonchev–Trinajstić information content (AvgIpc) is 2.84. The molecule has 0 bridgehead atoms. The second-order valence-electron chi connectivity index (χ2n) is 7.14. The first-order chi connectivity index (χ1) is 13.2. The van der Waals surface area contributed by atoms with Gasteiger partial charge in [-0.25, -0.2) is 0 Å². The standard InChI is InChI=1S/C24H25NS2/c1-25(2)16-17-27-24(20-11-4-3-5-12-20)21-13-7-6-10-19(21)18-26-23-15-9-8-14-22(23)24/h3-15H,16-18H2,1-2H3/t24-/m1/s1. The molecule has 1 heterocycles. The minimum absolute atomic E-state index is 0.173. The monoisotopic (exact) mass is 391 g/mol. The second-order valence-corrected chi connectivity index (χ2v) is 9.47. The molecule has 3 aromatic rings. The molecule has 0 fully saturated rings. The number of nitrogens with zero attached hydrogens (tertiary/aromatic N) is 1. The van der Waals surface area contributed by atoms with Crippen molar-refractivity contribution in [1.82, 2.24) is 4.90 Å². The van der Waals surface area contributed by atoms with Gasteiger partial charge in [0.25, 0.3) is 0 Å². The highest BCUT2D eigenvalue weighted by Crippen LogP contribution is 2.54. The zero-order chi connectivity index (χ0) is 18.7. The van der Waals surface area contributed by atoms with Crippen LogP contribution in [-0.4, -0.2) is 31.3 Å². The number of benzene rings is 3. The molecule has 0 saturated carbocycles. The maximum Gasteiger partial charge on any atom is 0.0921 e. The summed E-state index contributed by atoms with van der Waals surface area (Å²) in [5.74, 6) is 2.10. The van der Waals surface area contributed by atoms with E-state index in [1.165, 1.54) is 27.1 Å². The normalized spacial score (nSPS) is 18.6. The molecule has 0 N–H and O–H groups in total. The minimum atomic E-state index is -0.173. The molecule has 1 nitrogen and oxygen atoms in total. The van der Waals surface area contributed by atoms with Crippen LogP contribution in [-0.2, 0) is 10.5 Å². The van der Waals surface area contributed by atoms with E-state index >= 15 is 0 Å². The van der Waals surface area contributed by atoms with Crippen LogP contribution in [0.25, 0.3) is 0 Å². The summed E-state index contributed by atoms with van der Waals surface area (Å²) in [6, 6.07) is 29.1. The first-order valence-corrected chi connectivity index (χ1v) is 11.3. The first-order valence-electron chi connectivity index (χ1n) is 9.37. The Bertz CT molecular complexity index is 858. The summed E-state index contributed by atoms with van der Waals surface area (Å²) in [6.45, 7) is 1.07. The molecule has 0 unspecified atom stereocenters. The molecule has 27 heavy (non-hydrogen) atoms. The van der Waals surface area contributed by atoms with E-state index in [1.807, 2.05) is 11.8 Å². The van der Waals surface area contributed by atoms with Gasteiger partial charge in [0.2, 0.25) is 0 Å². The molecule has 0 amide bonds. The maximum absolute atomic E-state index is 2.34. The van der Waals surface area contributed by atoms with Gasteiger partial charge in [0.15, 0.2) is 0 Å². The summed E-state index contributed by atoms with van der Waals surface area (Å²) in [5, 5.41) is 0. The van der Waals surface area contributed by atoms with E-state index in [0.29, 0.717) is 0 Å². The molecule has 0 saturated heterocycles. The molecular weight excluding hydrogens is 366 g/mol. The zero-order valence-electron chi connectivity index (χ0n) is 15.9. The van der Waals surface area contributed by atoms with Crippen molar-refractivity contribution in [3.8, 4) is 0 Å². The Morgan fingerprint density at radius 2 is 1.52 bits per heavy atom. The second kappa shape index (κ2) is 8.14. The molecule has 1 atom stereocenters. The number of hydrogen-bond acceptors (Lipinski definition) is 3. The molecule has 138 valence electrons. The summed E-state index contributed by atoms with van der Waals surface area (Å²) in [6.07, 6.45) is 0. The Balaban J connectivity index is 1.98. The van der Waals surface area contributed by atoms with Gasteiger partial charge in [-0.3, -0.25) is 0 Å². The lowest BCUT2D eigenvalue weighted by Crippen LogP contribution is -2.29. The topological polar surface area (TPSA) is 3.24 Å². The number of hydrogen-bond donors (Lipinski definition) is 0. The molecule has 3 aromatic carbocycles. The van der Waals surface area contributed by atoms with Gasteiger partial charge in [-0.1, -0.05) is 72.8 Å². The third-order valence-corrected chi connectivity index (χ3v) is 7.70. The third-order valence-electron chi connectivity index (χ3n) is 5.08. The van der Waals surface area contributed by atoms with Crippen molar-refractivity contribution < 1.29 is 0 Å². The average molecular weight is 392 g/mol. The van der Waals surface area contributed by atoms with Crippen LogP contribution in [0.5, 0.6) is 0 Å². The molecular formula is C24H25NS2. The van der Waals surface area contributed by atoms with Crippen LogP contribution < -0.4 is 0 Å². The van der Waals surface area contributed by atoms with Crippen LogP contribution in [0.1, 0.15) is 22.3 Å². The molecule has 1 aliphatic heterocycles. The van der Waals surface area contributed by atoms with Crippen LogP contribution in [0.3, 0.4) is 0 Å². The molecule has 4 rings (SSSR count). The van der Waals surface area contributed by atoms with Gasteiger partial charge >= 0.3 is 0 Å². The van der Waals surface area contributed by atoms with E-state index in [4.69, 9.17) is 0 Å². The maximum atomic E-state index is 2.34. The predicted octanol–water partition coefficient (Wildman–Crippen LogP) is 5.88. The minimum Gasteiger partial charge on any atom is -0.309 e. The SMILES string of the molecule is CN(C)CCS[C@]1(c2ccccc2)c2ccccc2CSc2ccccc21. The fourth-order valence-electron chi connectivity index (χ4n) is 3.78. The molecule has 0 radical (unpaired) electrons. The van der Waals surface area contributed by atoms with E-state index in [1.54, 1.807) is 0 Å². The number of rotatable bonds is 5. The third kappa shape index (κ3) is 3.56. The van der Waals surface area contributed by atoms with E-state index < -0.39 is 0 Å². The van der Waals surface area contributed by atoms with E-state index in [2.05, 4.69) is 110 Å². The molecule has 0 aromatic heterocycles.